The van der Waals surface area contributed by atoms with Gasteiger partial charge in [0.2, 0.25) is 0 Å². The number of hydrogen-bond acceptors (Lipinski definition) is 5. The average Bonchev–Trinajstić information content (AvgIpc) is 2.94. The van der Waals surface area contributed by atoms with Crippen molar-refractivity contribution in [3.05, 3.63) is 11.6 Å². The van der Waals surface area contributed by atoms with E-state index in [0.717, 1.165) is 37.8 Å². The number of methoxy groups -OCH3 is 2. The van der Waals surface area contributed by atoms with Gasteiger partial charge in [0, 0.05) is 45.7 Å². The largest absolute Gasteiger partial charge is 0.450 e. The molecule has 1 saturated carbocycles. The summed E-state index contributed by atoms with van der Waals surface area (Å²) in [4.78, 5) is 14.3. The number of rotatable bonds is 2. The number of ether oxygens (including phenoxy) is 3. The monoisotopic (exact) mass is 279 g/mol. The Hall–Kier alpha value is -0.910. The molecule has 4 aliphatic rings. The predicted molar refractivity (Wildman–Crippen MR) is 71.3 cm³/mol. The molecule has 20 heavy (non-hydrogen) atoms. The van der Waals surface area contributed by atoms with Crippen molar-refractivity contribution in [3.8, 4) is 0 Å². The first-order chi connectivity index (χ1) is 9.68. The molecule has 0 aromatic carbocycles. The highest BCUT2D eigenvalue weighted by atomic mass is 16.6. The molecule has 3 heterocycles. The van der Waals surface area contributed by atoms with Gasteiger partial charge in [-0.25, -0.2) is 4.79 Å². The molecular weight excluding hydrogens is 258 g/mol. The summed E-state index contributed by atoms with van der Waals surface area (Å²) in [5, 5.41) is 0. The lowest BCUT2D eigenvalue weighted by Crippen LogP contribution is -2.51. The van der Waals surface area contributed by atoms with Gasteiger partial charge in [-0.15, -0.1) is 0 Å². The van der Waals surface area contributed by atoms with Gasteiger partial charge in [-0.05, 0) is 18.4 Å². The van der Waals surface area contributed by atoms with Crippen LogP contribution in [-0.2, 0) is 19.0 Å². The SMILES string of the molecule is COC1CCN2C3CC4(OC(=O)C=C4CC3OC)C2C1. The fourth-order valence-corrected chi connectivity index (χ4v) is 4.75. The van der Waals surface area contributed by atoms with E-state index in [0.29, 0.717) is 6.04 Å². The first kappa shape index (κ1) is 12.8. The summed E-state index contributed by atoms with van der Waals surface area (Å²) in [6, 6.07) is 0.620. The first-order valence-electron chi connectivity index (χ1n) is 7.43. The summed E-state index contributed by atoms with van der Waals surface area (Å²) < 4.78 is 17.1. The molecule has 0 amide bonds. The Balaban J connectivity index is 1.73. The van der Waals surface area contributed by atoms with E-state index in [9.17, 15) is 4.79 Å². The van der Waals surface area contributed by atoms with Crippen molar-refractivity contribution in [1.82, 2.24) is 4.90 Å². The average molecular weight is 279 g/mol. The molecule has 2 saturated heterocycles. The Kier molecular flexibility index (Phi) is 2.75. The smallest absolute Gasteiger partial charge is 0.331 e. The maximum atomic E-state index is 11.8. The molecule has 5 unspecified atom stereocenters. The quantitative estimate of drug-likeness (QED) is 0.702. The van der Waals surface area contributed by atoms with Crippen LogP contribution in [0.1, 0.15) is 25.7 Å². The van der Waals surface area contributed by atoms with E-state index in [1.165, 1.54) is 0 Å². The Morgan fingerprint density at radius 3 is 3.00 bits per heavy atom. The highest BCUT2D eigenvalue weighted by Gasteiger charge is 2.64. The molecule has 3 aliphatic heterocycles. The maximum Gasteiger partial charge on any atom is 0.331 e. The molecule has 0 aromatic rings. The number of carbonyl (C=O) groups excluding carboxylic acids is 1. The highest BCUT2D eigenvalue weighted by molar-refractivity contribution is 5.87. The molecule has 110 valence electrons. The van der Waals surface area contributed by atoms with Gasteiger partial charge in [0.1, 0.15) is 0 Å². The molecule has 4 rings (SSSR count). The summed E-state index contributed by atoms with van der Waals surface area (Å²) in [7, 11) is 3.54. The van der Waals surface area contributed by atoms with Crippen LogP contribution in [0.5, 0.6) is 0 Å². The van der Waals surface area contributed by atoms with Crippen molar-refractivity contribution >= 4 is 5.97 Å². The number of nitrogens with zero attached hydrogens (tertiary/aromatic N) is 1. The third-order valence-electron chi connectivity index (χ3n) is 5.68. The minimum atomic E-state index is -0.395. The van der Waals surface area contributed by atoms with E-state index in [4.69, 9.17) is 14.2 Å². The molecule has 0 aromatic heterocycles. The summed E-state index contributed by atoms with van der Waals surface area (Å²) in [5.74, 6) is -0.183. The van der Waals surface area contributed by atoms with Crippen LogP contribution in [-0.4, -0.2) is 61.5 Å². The van der Waals surface area contributed by atoms with E-state index < -0.39 is 5.60 Å². The van der Waals surface area contributed by atoms with E-state index in [1.54, 1.807) is 20.3 Å². The lowest BCUT2D eigenvalue weighted by Gasteiger charge is -2.40. The van der Waals surface area contributed by atoms with Gasteiger partial charge in [-0.1, -0.05) is 0 Å². The summed E-state index contributed by atoms with van der Waals surface area (Å²) >= 11 is 0. The van der Waals surface area contributed by atoms with Crippen LogP contribution in [0.4, 0.5) is 0 Å². The Labute approximate surface area is 118 Å². The lowest BCUT2D eigenvalue weighted by atomic mass is 9.76. The van der Waals surface area contributed by atoms with E-state index in [2.05, 4.69) is 4.90 Å². The predicted octanol–water partition coefficient (Wildman–Crippen LogP) is 0.879. The molecular formula is C15H21NO4. The lowest BCUT2D eigenvalue weighted by molar-refractivity contribution is -0.150. The van der Waals surface area contributed by atoms with E-state index in [1.807, 2.05) is 0 Å². The third kappa shape index (κ3) is 1.51. The number of piperidine rings is 1. The third-order valence-corrected chi connectivity index (χ3v) is 5.68. The van der Waals surface area contributed by atoms with Crippen molar-refractivity contribution < 1.29 is 19.0 Å². The molecule has 1 aliphatic carbocycles. The normalized spacial score (nSPS) is 46.7. The van der Waals surface area contributed by atoms with Crippen LogP contribution >= 0.6 is 0 Å². The van der Waals surface area contributed by atoms with Gasteiger partial charge >= 0.3 is 5.97 Å². The zero-order valence-corrected chi connectivity index (χ0v) is 12.0. The minimum absolute atomic E-state index is 0.174. The van der Waals surface area contributed by atoms with E-state index in [-0.39, 0.29) is 24.2 Å². The highest BCUT2D eigenvalue weighted by Crippen LogP contribution is 2.54. The minimum Gasteiger partial charge on any atom is -0.450 e. The number of carbonyl (C=O) groups is 1. The second kappa shape index (κ2) is 4.29. The second-order valence-corrected chi connectivity index (χ2v) is 6.37. The van der Waals surface area contributed by atoms with Gasteiger partial charge in [0.25, 0.3) is 0 Å². The standard InChI is InChI=1S/C15H21NO4/c1-18-10-3-4-16-11-8-15(13(16)7-10)9(5-12(11)19-2)6-14(17)20-15/h6,10-13H,3-5,7-8H2,1-2H3. The topological polar surface area (TPSA) is 48.0 Å². The molecule has 5 nitrogen and oxygen atoms in total. The molecule has 2 bridgehead atoms. The fraction of sp³-hybridized carbons (Fsp3) is 0.800. The van der Waals surface area contributed by atoms with Gasteiger partial charge < -0.3 is 14.2 Å². The Bertz CT molecular complexity index is 476. The summed E-state index contributed by atoms with van der Waals surface area (Å²) in [6.07, 6.45) is 5.82. The zero-order valence-electron chi connectivity index (χ0n) is 12.0. The number of fused-ring (bicyclic) bond motifs is 3. The maximum absolute atomic E-state index is 11.8. The van der Waals surface area contributed by atoms with Crippen molar-refractivity contribution in [2.75, 3.05) is 20.8 Å². The summed E-state index contributed by atoms with van der Waals surface area (Å²) in [5.41, 5.74) is 0.739. The van der Waals surface area contributed by atoms with Crippen LogP contribution in [0.15, 0.2) is 11.6 Å². The van der Waals surface area contributed by atoms with Crippen LogP contribution < -0.4 is 0 Å². The van der Waals surface area contributed by atoms with Crippen LogP contribution in [0.3, 0.4) is 0 Å². The van der Waals surface area contributed by atoms with Crippen molar-refractivity contribution in [3.63, 3.8) is 0 Å². The molecule has 5 heteroatoms. The van der Waals surface area contributed by atoms with Crippen molar-refractivity contribution in [1.29, 1.82) is 0 Å². The van der Waals surface area contributed by atoms with Crippen LogP contribution in [0.2, 0.25) is 0 Å². The first-order valence-corrected chi connectivity index (χ1v) is 7.43. The van der Waals surface area contributed by atoms with Gasteiger partial charge in [-0.3, -0.25) is 4.90 Å². The fourth-order valence-electron chi connectivity index (χ4n) is 4.75. The van der Waals surface area contributed by atoms with Gasteiger partial charge in [-0.2, -0.15) is 0 Å². The Morgan fingerprint density at radius 2 is 2.25 bits per heavy atom. The molecule has 0 radical (unpaired) electrons. The molecule has 3 fully saturated rings. The molecule has 0 N–H and O–H groups in total. The van der Waals surface area contributed by atoms with Crippen molar-refractivity contribution in [2.45, 2.75) is 55.6 Å². The zero-order chi connectivity index (χ0) is 13.9. The molecule has 5 atom stereocenters. The van der Waals surface area contributed by atoms with Gasteiger partial charge in [0.15, 0.2) is 5.60 Å². The van der Waals surface area contributed by atoms with E-state index >= 15 is 0 Å². The van der Waals surface area contributed by atoms with Crippen molar-refractivity contribution in [2.24, 2.45) is 0 Å². The number of esters is 1. The van der Waals surface area contributed by atoms with Gasteiger partial charge in [0.05, 0.1) is 18.2 Å². The van der Waals surface area contributed by atoms with Crippen LogP contribution in [0, 0.1) is 0 Å². The molecule has 1 spiro atoms. The summed E-state index contributed by atoms with van der Waals surface area (Å²) in [6.45, 7) is 1.00. The second-order valence-electron chi connectivity index (χ2n) is 6.37. The Morgan fingerprint density at radius 1 is 1.40 bits per heavy atom. The van der Waals surface area contributed by atoms with Crippen LogP contribution in [0.25, 0.3) is 0 Å². The number of hydrogen-bond donors (Lipinski definition) is 0.